The molecule has 0 aliphatic carbocycles. The van der Waals surface area contributed by atoms with Gasteiger partial charge in [-0.1, -0.05) is 54.6 Å². The summed E-state index contributed by atoms with van der Waals surface area (Å²) in [6.07, 6.45) is 2.60. The van der Waals surface area contributed by atoms with Gasteiger partial charge in [-0.25, -0.2) is 9.97 Å². The second kappa shape index (κ2) is 8.64. The van der Waals surface area contributed by atoms with Gasteiger partial charge in [-0.2, -0.15) is 4.52 Å². The molecule has 0 fully saturated rings. The Bertz CT molecular complexity index is 1330. The number of nitrogens with zero attached hydrogens (tertiary/aromatic N) is 5. The van der Waals surface area contributed by atoms with Crippen molar-refractivity contribution in [2.75, 3.05) is 19.3 Å². The van der Waals surface area contributed by atoms with Crippen LogP contribution in [0, 0.1) is 0 Å². The Morgan fingerprint density at radius 2 is 1.78 bits per heavy atom. The molecule has 0 aliphatic heterocycles. The number of hydrogen-bond donors (Lipinski definition) is 1. The molecule has 7 heteroatoms. The van der Waals surface area contributed by atoms with Crippen molar-refractivity contribution in [2.24, 2.45) is 0 Å². The summed E-state index contributed by atoms with van der Waals surface area (Å²) in [6, 6.07) is 24.4. The van der Waals surface area contributed by atoms with Crippen molar-refractivity contribution >= 4 is 11.6 Å². The first-order valence-corrected chi connectivity index (χ1v) is 10.6. The lowest BCUT2D eigenvalue weighted by atomic mass is 10.0. The Morgan fingerprint density at radius 1 is 0.969 bits per heavy atom. The third kappa shape index (κ3) is 4.10. The minimum absolute atomic E-state index is 0.287. The standard InChI is InChI=1S/C25H24N6O/c1-30(14-13-18-8-3-2-4-9-18)17-19-10-5-6-11-20(19)21-16-23-28-24(22-12-7-15-32-22)29-31(23)25(26)27-21/h2-12,15-16H,13-14,17H2,1H3,(H2,26,27). The predicted octanol–water partition coefficient (Wildman–Crippen LogP) is 4.31. The predicted molar refractivity (Wildman–Crippen MR) is 125 cm³/mol. The highest BCUT2D eigenvalue weighted by Gasteiger charge is 2.15. The van der Waals surface area contributed by atoms with Crippen molar-refractivity contribution in [2.45, 2.75) is 13.0 Å². The summed E-state index contributed by atoms with van der Waals surface area (Å²) in [5.74, 6) is 1.36. The van der Waals surface area contributed by atoms with Crippen LogP contribution in [-0.4, -0.2) is 38.1 Å². The summed E-state index contributed by atoms with van der Waals surface area (Å²) in [6.45, 7) is 1.77. The number of likely N-dealkylation sites (N-methyl/N-ethyl adjacent to an activating group) is 1. The lowest BCUT2D eigenvalue weighted by Gasteiger charge is -2.19. The molecule has 0 atom stereocenters. The van der Waals surface area contributed by atoms with E-state index in [0.717, 1.165) is 30.8 Å². The van der Waals surface area contributed by atoms with Crippen LogP contribution < -0.4 is 5.73 Å². The number of rotatable bonds is 7. The molecule has 0 spiro atoms. The molecule has 5 rings (SSSR count). The Labute approximate surface area is 186 Å². The zero-order valence-electron chi connectivity index (χ0n) is 17.8. The SMILES string of the molecule is CN(CCc1ccccc1)Cc1ccccc1-c1cc2nc(-c3ccco3)nn2c(N)n1. The molecule has 0 saturated carbocycles. The number of benzene rings is 2. The van der Waals surface area contributed by atoms with Gasteiger partial charge in [0.25, 0.3) is 0 Å². The van der Waals surface area contributed by atoms with E-state index in [1.165, 1.54) is 15.6 Å². The lowest BCUT2D eigenvalue weighted by molar-refractivity contribution is 0.331. The van der Waals surface area contributed by atoms with Crippen molar-refractivity contribution in [3.8, 4) is 22.8 Å². The topological polar surface area (TPSA) is 85.5 Å². The first kappa shape index (κ1) is 20.0. The Morgan fingerprint density at radius 3 is 2.59 bits per heavy atom. The third-order valence-electron chi connectivity index (χ3n) is 5.45. The number of nitrogens with two attached hydrogens (primary N) is 1. The van der Waals surface area contributed by atoms with Crippen LogP contribution in [0.4, 0.5) is 5.95 Å². The van der Waals surface area contributed by atoms with Gasteiger partial charge < -0.3 is 15.1 Å². The van der Waals surface area contributed by atoms with E-state index in [4.69, 9.17) is 10.2 Å². The maximum atomic E-state index is 6.23. The van der Waals surface area contributed by atoms with Crippen LogP contribution in [0.5, 0.6) is 0 Å². The molecule has 5 aromatic rings. The molecule has 32 heavy (non-hydrogen) atoms. The molecule has 3 aromatic heterocycles. The highest BCUT2D eigenvalue weighted by atomic mass is 16.3. The Hall–Kier alpha value is -3.97. The summed E-state index contributed by atoms with van der Waals surface area (Å²) in [5.41, 5.74) is 11.2. The van der Waals surface area contributed by atoms with Gasteiger partial charge in [-0.15, -0.1) is 5.10 Å². The largest absolute Gasteiger partial charge is 0.461 e. The van der Waals surface area contributed by atoms with Crippen molar-refractivity contribution in [3.05, 3.63) is 90.2 Å². The molecular formula is C25H24N6O. The zero-order chi connectivity index (χ0) is 21.9. The van der Waals surface area contributed by atoms with Crippen LogP contribution in [0.25, 0.3) is 28.5 Å². The molecule has 0 saturated heterocycles. The van der Waals surface area contributed by atoms with Crippen molar-refractivity contribution < 1.29 is 4.42 Å². The van der Waals surface area contributed by atoms with Crippen LogP contribution in [-0.2, 0) is 13.0 Å². The first-order valence-electron chi connectivity index (χ1n) is 10.6. The van der Waals surface area contributed by atoms with E-state index < -0.39 is 0 Å². The van der Waals surface area contributed by atoms with Gasteiger partial charge >= 0.3 is 0 Å². The average molecular weight is 425 g/mol. The average Bonchev–Trinajstić information content (AvgIpc) is 3.49. The zero-order valence-corrected chi connectivity index (χ0v) is 17.8. The quantitative estimate of drug-likeness (QED) is 0.419. The third-order valence-corrected chi connectivity index (χ3v) is 5.45. The Balaban J connectivity index is 1.41. The molecule has 0 radical (unpaired) electrons. The van der Waals surface area contributed by atoms with E-state index in [1.54, 1.807) is 12.3 Å². The fourth-order valence-electron chi connectivity index (χ4n) is 3.80. The molecule has 0 amide bonds. The normalized spacial score (nSPS) is 11.4. The second-order valence-corrected chi connectivity index (χ2v) is 7.81. The smallest absolute Gasteiger partial charge is 0.223 e. The molecule has 0 bridgehead atoms. The van der Waals surface area contributed by atoms with Gasteiger partial charge in [0.05, 0.1) is 12.0 Å². The maximum Gasteiger partial charge on any atom is 0.223 e. The number of nitrogen functional groups attached to an aromatic ring is 1. The minimum atomic E-state index is 0.287. The van der Waals surface area contributed by atoms with E-state index >= 15 is 0 Å². The number of hydrogen-bond acceptors (Lipinski definition) is 6. The summed E-state index contributed by atoms with van der Waals surface area (Å²) >= 11 is 0. The Kier molecular flexibility index (Phi) is 5.39. The number of fused-ring (bicyclic) bond motifs is 1. The highest BCUT2D eigenvalue weighted by molar-refractivity contribution is 5.69. The molecular weight excluding hydrogens is 400 g/mol. The van der Waals surface area contributed by atoms with Gasteiger partial charge in [-0.3, -0.25) is 0 Å². The van der Waals surface area contributed by atoms with E-state index in [0.29, 0.717) is 17.2 Å². The summed E-state index contributed by atoms with van der Waals surface area (Å²) in [7, 11) is 2.14. The fraction of sp³-hybridized carbons (Fsp3) is 0.160. The highest BCUT2D eigenvalue weighted by Crippen LogP contribution is 2.26. The summed E-state index contributed by atoms with van der Waals surface area (Å²) in [4.78, 5) is 11.5. The van der Waals surface area contributed by atoms with Crippen molar-refractivity contribution in [1.29, 1.82) is 0 Å². The molecule has 160 valence electrons. The molecule has 0 aliphatic rings. The van der Waals surface area contributed by atoms with Gasteiger partial charge in [0.15, 0.2) is 11.4 Å². The minimum Gasteiger partial charge on any atom is -0.461 e. The van der Waals surface area contributed by atoms with Crippen LogP contribution in [0.3, 0.4) is 0 Å². The van der Waals surface area contributed by atoms with Crippen molar-refractivity contribution in [1.82, 2.24) is 24.5 Å². The number of anilines is 1. The summed E-state index contributed by atoms with van der Waals surface area (Å²) < 4.78 is 6.95. The van der Waals surface area contributed by atoms with Crippen LogP contribution in [0.15, 0.2) is 83.5 Å². The van der Waals surface area contributed by atoms with Gasteiger partial charge in [0.2, 0.25) is 11.8 Å². The maximum absolute atomic E-state index is 6.23. The van der Waals surface area contributed by atoms with Crippen LogP contribution in [0.2, 0.25) is 0 Å². The van der Waals surface area contributed by atoms with Gasteiger partial charge in [0, 0.05) is 24.7 Å². The molecule has 2 aromatic carbocycles. The molecule has 7 nitrogen and oxygen atoms in total. The first-order chi connectivity index (χ1) is 15.7. The van der Waals surface area contributed by atoms with E-state index in [1.807, 2.05) is 24.3 Å². The van der Waals surface area contributed by atoms with E-state index in [9.17, 15) is 0 Å². The van der Waals surface area contributed by atoms with Crippen LogP contribution >= 0.6 is 0 Å². The van der Waals surface area contributed by atoms with Gasteiger partial charge in [-0.05, 0) is 36.7 Å². The summed E-state index contributed by atoms with van der Waals surface area (Å²) in [5, 5.41) is 4.43. The molecule has 2 N–H and O–H groups in total. The number of furan rings is 1. The number of aromatic nitrogens is 4. The second-order valence-electron chi connectivity index (χ2n) is 7.81. The van der Waals surface area contributed by atoms with Crippen LogP contribution in [0.1, 0.15) is 11.1 Å². The molecule has 3 heterocycles. The monoisotopic (exact) mass is 424 g/mol. The van der Waals surface area contributed by atoms with Gasteiger partial charge in [0.1, 0.15) is 0 Å². The van der Waals surface area contributed by atoms with E-state index in [-0.39, 0.29) is 5.95 Å². The van der Waals surface area contributed by atoms with Crippen molar-refractivity contribution in [3.63, 3.8) is 0 Å². The van der Waals surface area contributed by atoms with E-state index in [2.05, 4.69) is 69.5 Å². The molecule has 0 unspecified atom stereocenters. The lowest BCUT2D eigenvalue weighted by Crippen LogP contribution is -2.21. The fourth-order valence-corrected chi connectivity index (χ4v) is 3.80.